The third-order valence-electron chi connectivity index (χ3n) is 5.45. The van der Waals surface area contributed by atoms with Crippen LogP contribution in [0, 0.1) is 0 Å². The number of hydrogen-bond donors (Lipinski definition) is 3. The molecule has 5 rings (SSSR count). The van der Waals surface area contributed by atoms with E-state index >= 15 is 0 Å². The maximum Gasteiger partial charge on any atom is 0.264 e. The minimum atomic E-state index is -0.263. The van der Waals surface area contributed by atoms with Crippen molar-refractivity contribution >= 4 is 69.7 Å². The lowest BCUT2D eigenvalue weighted by atomic mass is 10.2. The van der Waals surface area contributed by atoms with E-state index in [1.54, 1.807) is 18.0 Å². The van der Waals surface area contributed by atoms with E-state index in [4.69, 9.17) is 22.2 Å². The number of aromatic nitrogens is 5. The van der Waals surface area contributed by atoms with Gasteiger partial charge in [-0.3, -0.25) is 10.1 Å². The fourth-order valence-electron chi connectivity index (χ4n) is 3.39. The van der Waals surface area contributed by atoms with Crippen molar-refractivity contribution < 1.29 is 9.53 Å². The smallest absolute Gasteiger partial charge is 0.264 e. The molecule has 0 spiro atoms. The zero-order valence-corrected chi connectivity index (χ0v) is 25.1. The van der Waals surface area contributed by atoms with Crippen LogP contribution in [0.1, 0.15) is 16.7 Å². The molecule has 2 aromatic heterocycles. The van der Waals surface area contributed by atoms with Gasteiger partial charge in [-0.2, -0.15) is 5.10 Å². The van der Waals surface area contributed by atoms with E-state index in [1.165, 1.54) is 21.6 Å². The Bertz CT molecular complexity index is 1650. The van der Waals surface area contributed by atoms with Gasteiger partial charge in [0.15, 0.2) is 4.34 Å². The predicted molar refractivity (Wildman–Crippen MR) is 169 cm³/mol. The number of nitrogens with two attached hydrogens (primary N) is 1. The number of nitrogens with one attached hydrogen (secondary N) is 2. The number of anilines is 2. The molecule has 2 heterocycles. The SMILES string of the molecule is Nn1c(N/N=C/c2ccccc2OCc2ccc(Cl)cc2)nnc1SCC(=O)Nc1nnc(SCc2ccccc2)s1. The van der Waals surface area contributed by atoms with Crippen LogP contribution in [-0.4, -0.2) is 42.9 Å². The van der Waals surface area contributed by atoms with Crippen LogP contribution in [0.3, 0.4) is 0 Å². The van der Waals surface area contributed by atoms with Crippen molar-refractivity contribution in [2.45, 2.75) is 21.9 Å². The van der Waals surface area contributed by atoms with Crippen molar-refractivity contribution in [1.82, 2.24) is 25.1 Å². The summed E-state index contributed by atoms with van der Waals surface area (Å²) in [5, 5.41) is 24.6. The zero-order chi connectivity index (χ0) is 29.1. The molecule has 0 aliphatic carbocycles. The molecule has 0 saturated heterocycles. The van der Waals surface area contributed by atoms with Crippen LogP contribution in [-0.2, 0) is 17.2 Å². The summed E-state index contributed by atoms with van der Waals surface area (Å²) >= 11 is 9.97. The Morgan fingerprint density at radius 1 is 0.976 bits per heavy atom. The van der Waals surface area contributed by atoms with Crippen LogP contribution in [0.2, 0.25) is 5.02 Å². The Morgan fingerprint density at radius 2 is 1.76 bits per heavy atom. The molecule has 0 unspecified atom stereocenters. The van der Waals surface area contributed by atoms with Gasteiger partial charge in [0.2, 0.25) is 16.2 Å². The van der Waals surface area contributed by atoms with E-state index in [2.05, 4.69) is 48.4 Å². The molecule has 0 aliphatic heterocycles. The summed E-state index contributed by atoms with van der Waals surface area (Å²) in [7, 11) is 0. The molecular formula is C27H24ClN9O2S3. The Kier molecular flexibility index (Phi) is 10.3. The van der Waals surface area contributed by atoms with Crippen LogP contribution in [0.5, 0.6) is 5.75 Å². The number of benzene rings is 3. The molecule has 0 fully saturated rings. The second-order valence-corrected chi connectivity index (χ2v) is 12.1. The van der Waals surface area contributed by atoms with Crippen LogP contribution >= 0.6 is 46.5 Å². The molecule has 214 valence electrons. The molecule has 15 heteroatoms. The molecule has 0 radical (unpaired) electrons. The fraction of sp³-hybridized carbons (Fsp3) is 0.111. The lowest BCUT2D eigenvalue weighted by molar-refractivity contribution is -0.113. The second-order valence-electron chi connectivity index (χ2n) is 8.48. The van der Waals surface area contributed by atoms with Crippen molar-refractivity contribution in [3.8, 4) is 5.75 Å². The van der Waals surface area contributed by atoms with E-state index in [1.807, 2.05) is 66.7 Å². The quantitative estimate of drug-likeness (QED) is 0.0494. The third kappa shape index (κ3) is 8.45. The lowest BCUT2D eigenvalue weighted by Crippen LogP contribution is -2.16. The third-order valence-corrected chi connectivity index (χ3v) is 8.69. The summed E-state index contributed by atoms with van der Waals surface area (Å²) in [5.41, 5.74) is 5.71. The molecule has 0 atom stereocenters. The average molecular weight is 638 g/mol. The van der Waals surface area contributed by atoms with Crippen LogP contribution < -0.4 is 21.3 Å². The normalized spacial score (nSPS) is 11.1. The standard InChI is InChI=1S/C27H24ClN9O2S3/c28-21-12-10-18(11-13-21)15-39-22-9-5-4-8-20(22)14-30-32-24-33-35-26(37(24)29)40-17-23(38)31-25-34-36-27(42-25)41-16-19-6-2-1-3-7-19/h1-14H,15-17,29H2,(H,32,33)(H,31,34,38)/b30-14+. The van der Waals surface area contributed by atoms with Gasteiger partial charge in [-0.15, -0.1) is 20.4 Å². The first-order valence-corrected chi connectivity index (χ1v) is 15.6. The van der Waals surface area contributed by atoms with E-state index < -0.39 is 0 Å². The highest BCUT2D eigenvalue weighted by atomic mass is 35.5. The van der Waals surface area contributed by atoms with E-state index in [0.717, 1.165) is 33.0 Å². The number of halogens is 1. The number of thioether (sulfide) groups is 2. The van der Waals surface area contributed by atoms with E-state index in [-0.39, 0.29) is 17.6 Å². The number of para-hydroxylation sites is 1. The van der Waals surface area contributed by atoms with Crippen LogP contribution in [0.15, 0.2) is 93.5 Å². The largest absolute Gasteiger partial charge is 0.488 e. The maximum absolute atomic E-state index is 12.5. The Balaban J connectivity index is 1.09. The number of amides is 1. The van der Waals surface area contributed by atoms with E-state index in [0.29, 0.717) is 27.7 Å². The first kappa shape index (κ1) is 29.4. The highest BCUT2D eigenvalue weighted by Gasteiger charge is 2.14. The minimum Gasteiger partial charge on any atom is -0.488 e. The first-order chi connectivity index (χ1) is 20.5. The average Bonchev–Trinajstić information content (AvgIpc) is 3.61. The fourth-order valence-corrected chi connectivity index (χ4v) is 5.90. The van der Waals surface area contributed by atoms with Crippen LogP contribution in [0.4, 0.5) is 11.1 Å². The summed E-state index contributed by atoms with van der Waals surface area (Å²) in [6, 6.07) is 25.0. The van der Waals surface area contributed by atoms with Crippen LogP contribution in [0.25, 0.3) is 0 Å². The number of carbonyl (C=O) groups excluding carboxylic acids is 1. The number of ether oxygens (including phenoxy) is 1. The summed E-state index contributed by atoms with van der Waals surface area (Å²) < 4.78 is 7.95. The minimum absolute atomic E-state index is 0.0585. The molecule has 1 amide bonds. The number of rotatable bonds is 13. The van der Waals surface area contributed by atoms with Gasteiger partial charge < -0.3 is 10.6 Å². The van der Waals surface area contributed by atoms with Crippen molar-refractivity contribution in [2.24, 2.45) is 5.10 Å². The number of hydrazone groups is 1. The van der Waals surface area contributed by atoms with Crippen molar-refractivity contribution in [3.63, 3.8) is 0 Å². The molecule has 4 N–H and O–H groups in total. The summed E-state index contributed by atoms with van der Waals surface area (Å²) in [6.07, 6.45) is 1.60. The van der Waals surface area contributed by atoms with Gasteiger partial charge in [0.05, 0.1) is 12.0 Å². The molecule has 5 aromatic rings. The summed E-state index contributed by atoms with van der Waals surface area (Å²) in [5.74, 6) is 7.54. The number of nitrogens with zero attached hydrogens (tertiary/aromatic N) is 6. The van der Waals surface area contributed by atoms with Crippen molar-refractivity contribution in [2.75, 3.05) is 22.3 Å². The van der Waals surface area contributed by atoms with Gasteiger partial charge in [-0.25, -0.2) is 10.1 Å². The summed E-state index contributed by atoms with van der Waals surface area (Å²) in [6.45, 7) is 0.383. The Hall–Kier alpha value is -4.11. The molecule has 3 aromatic carbocycles. The maximum atomic E-state index is 12.5. The second kappa shape index (κ2) is 14.7. The van der Waals surface area contributed by atoms with Gasteiger partial charge in [-0.1, -0.05) is 101 Å². The van der Waals surface area contributed by atoms with Gasteiger partial charge in [0.25, 0.3) is 5.95 Å². The first-order valence-electron chi connectivity index (χ1n) is 12.4. The predicted octanol–water partition coefficient (Wildman–Crippen LogP) is 5.54. The number of hydrogen-bond acceptors (Lipinski definition) is 12. The molecule has 0 bridgehead atoms. The molecule has 0 saturated carbocycles. The monoisotopic (exact) mass is 637 g/mol. The zero-order valence-electron chi connectivity index (χ0n) is 21.9. The molecule has 42 heavy (non-hydrogen) atoms. The molecule has 11 nitrogen and oxygen atoms in total. The van der Waals surface area contributed by atoms with Crippen molar-refractivity contribution in [3.05, 3.63) is 101 Å². The highest BCUT2D eigenvalue weighted by Crippen LogP contribution is 2.28. The lowest BCUT2D eigenvalue weighted by Gasteiger charge is -2.09. The van der Waals surface area contributed by atoms with Gasteiger partial charge in [0.1, 0.15) is 12.4 Å². The Labute approximate surface area is 258 Å². The molecular weight excluding hydrogens is 614 g/mol. The number of carbonyl (C=O) groups is 1. The number of nitrogen functional groups attached to an aromatic ring is 1. The van der Waals surface area contributed by atoms with Gasteiger partial charge >= 0.3 is 0 Å². The van der Waals surface area contributed by atoms with E-state index in [9.17, 15) is 4.79 Å². The Morgan fingerprint density at radius 3 is 2.60 bits per heavy atom. The van der Waals surface area contributed by atoms with Gasteiger partial charge in [0, 0.05) is 16.3 Å². The summed E-state index contributed by atoms with van der Waals surface area (Å²) in [4.78, 5) is 12.5. The molecule has 0 aliphatic rings. The van der Waals surface area contributed by atoms with Gasteiger partial charge in [-0.05, 0) is 35.4 Å². The highest BCUT2D eigenvalue weighted by molar-refractivity contribution is 8.00. The van der Waals surface area contributed by atoms with Crippen molar-refractivity contribution in [1.29, 1.82) is 0 Å². The topological polar surface area (TPSA) is 145 Å².